The third kappa shape index (κ3) is 0.739. The molecule has 0 spiro atoms. The van der Waals surface area contributed by atoms with Crippen LogP contribution in [0.25, 0.3) is 10.9 Å². The quantitative estimate of drug-likeness (QED) is 0.544. The Balaban J connectivity index is 2.88. The molecular formula is C8H6N2. The van der Waals surface area contributed by atoms with E-state index >= 15 is 0 Å². The molecule has 10 heavy (non-hydrogen) atoms. The topological polar surface area (TPSA) is 25.8 Å². The summed E-state index contributed by atoms with van der Waals surface area (Å²) in [5.41, 5.74) is 0.714. The zero-order valence-electron chi connectivity index (χ0n) is 7.20. The van der Waals surface area contributed by atoms with E-state index in [0.717, 1.165) is 0 Å². The van der Waals surface area contributed by atoms with E-state index in [0.29, 0.717) is 16.9 Å². The van der Waals surface area contributed by atoms with E-state index in [2.05, 4.69) is 9.97 Å². The van der Waals surface area contributed by atoms with Crippen molar-refractivity contribution < 1.29 is 2.74 Å². The van der Waals surface area contributed by atoms with Gasteiger partial charge in [0.15, 0.2) is 0 Å². The average molecular weight is 132 g/mol. The largest absolute Gasteiger partial charge is 0.264 e. The maximum absolute atomic E-state index is 7.43. The van der Waals surface area contributed by atoms with Crippen molar-refractivity contribution in [1.82, 2.24) is 9.97 Å². The van der Waals surface area contributed by atoms with E-state index in [1.165, 1.54) is 6.20 Å². The van der Waals surface area contributed by atoms with Gasteiger partial charge in [-0.05, 0) is 18.2 Å². The Kier molecular flexibility index (Phi) is 0.755. The lowest BCUT2D eigenvalue weighted by Crippen LogP contribution is -1.76. The fraction of sp³-hybridized carbons (Fsp3) is 0. The summed E-state index contributed by atoms with van der Waals surface area (Å²) in [5.74, 6) is 0. The summed E-state index contributed by atoms with van der Waals surface area (Å²) in [5, 5.41) is 0.630. The Morgan fingerprint density at radius 1 is 1.30 bits per heavy atom. The molecular weight excluding hydrogens is 124 g/mol. The van der Waals surface area contributed by atoms with Gasteiger partial charge in [0, 0.05) is 24.0 Å². The average Bonchev–Trinajstić information content (AvgIpc) is 2.07. The highest BCUT2D eigenvalue weighted by atomic mass is 14.7. The first-order chi connectivity index (χ1) is 5.77. The van der Waals surface area contributed by atoms with Crippen LogP contribution in [0.5, 0.6) is 0 Å². The zero-order chi connectivity index (χ0) is 8.55. The van der Waals surface area contributed by atoms with Crippen molar-refractivity contribution >= 4 is 10.9 Å². The lowest BCUT2D eigenvalue weighted by atomic mass is 10.3. The van der Waals surface area contributed by atoms with Crippen molar-refractivity contribution in [3.63, 3.8) is 0 Å². The number of pyridine rings is 2. The Morgan fingerprint density at radius 2 is 2.30 bits per heavy atom. The van der Waals surface area contributed by atoms with Gasteiger partial charge in [-0.2, -0.15) is 0 Å². The minimum Gasteiger partial charge on any atom is -0.264 e. The van der Waals surface area contributed by atoms with Crippen molar-refractivity contribution in [2.75, 3.05) is 0 Å². The molecule has 0 fully saturated rings. The summed E-state index contributed by atoms with van der Waals surface area (Å²) in [7, 11) is 0. The molecule has 2 aromatic heterocycles. The molecule has 0 N–H and O–H groups in total. The summed E-state index contributed by atoms with van der Waals surface area (Å²) in [4.78, 5) is 7.79. The van der Waals surface area contributed by atoms with Crippen molar-refractivity contribution in [3.8, 4) is 0 Å². The predicted molar refractivity (Wildman–Crippen MR) is 39.5 cm³/mol. The number of nitrogens with zero attached hydrogens (tertiary/aromatic N) is 2. The third-order valence-corrected chi connectivity index (χ3v) is 1.27. The Morgan fingerprint density at radius 3 is 3.30 bits per heavy atom. The molecule has 0 aliphatic carbocycles. The monoisotopic (exact) mass is 132 g/mol. The fourth-order valence-corrected chi connectivity index (χ4v) is 0.808. The SMILES string of the molecule is [2H]c1cnc2ccnc([2H])c2c1. The van der Waals surface area contributed by atoms with Gasteiger partial charge in [-0.25, -0.2) is 0 Å². The molecule has 0 aromatic carbocycles. The van der Waals surface area contributed by atoms with Crippen LogP contribution < -0.4 is 0 Å². The minimum atomic E-state index is 0.175. The number of fused-ring (bicyclic) bond motifs is 1. The first-order valence-electron chi connectivity index (χ1n) is 3.95. The Hall–Kier alpha value is -1.44. The van der Waals surface area contributed by atoms with Gasteiger partial charge >= 0.3 is 0 Å². The second-order valence-corrected chi connectivity index (χ2v) is 1.92. The molecule has 0 atom stereocenters. The highest BCUT2D eigenvalue weighted by Gasteiger charge is 1.87. The lowest BCUT2D eigenvalue weighted by Gasteiger charge is -1.90. The zero-order valence-corrected chi connectivity index (χ0v) is 5.20. The highest BCUT2D eigenvalue weighted by molar-refractivity contribution is 5.76. The molecule has 48 valence electrons. The van der Waals surface area contributed by atoms with Crippen LogP contribution in [0.4, 0.5) is 0 Å². The first-order valence-corrected chi connectivity index (χ1v) is 2.95. The van der Waals surface area contributed by atoms with E-state index < -0.39 is 0 Å². The molecule has 0 unspecified atom stereocenters. The van der Waals surface area contributed by atoms with Gasteiger partial charge in [-0.3, -0.25) is 9.97 Å². The maximum atomic E-state index is 7.43. The predicted octanol–water partition coefficient (Wildman–Crippen LogP) is 1.63. The van der Waals surface area contributed by atoms with Gasteiger partial charge in [-0.1, -0.05) is 0 Å². The van der Waals surface area contributed by atoms with Crippen molar-refractivity contribution in [3.05, 3.63) is 36.7 Å². The normalized spacial score (nSPS) is 12.8. The molecule has 0 aliphatic heterocycles. The molecule has 0 bridgehead atoms. The summed E-state index contributed by atoms with van der Waals surface area (Å²) in [6.45, 7) is 0. The molecule has 2 heterocycles. The smallest absolute Gasteiger partial charge is 0.0847 e. The van der Waals surface area contributed by atoms with Crippen LogP contribution >= 0.6 is 0 Å². The highest BCUT2D eigenvalue weighted by Crippen LogP contribution is 2.05. The van der Waals surface area contributed by atoms with Gasteiger partial charge in [0.1, 0.15) is 0 Å². The minimum absolute atomic E-state index is 0.175. The first kappa shape index (κ1) is 3.66. The summed E-state index contributed by atoms with van der Waals surface area (Å²) >= 11 is 0. The van der Waals surface area contributed by atoms with Crippen molar-refractivity contribution in [2.24, 2.45) is 0 Å². The molecule has 0 saturated heterocycles. The van der Waals surface area contributed by atoms with Gasteiger partial charge < -0.3 is 0 Å². The van der Waals surface area contributed by atoms with Crippen molar-refractivity contribution in [1.29, 1.82) is 0 Å². The van der Waals surface area contributed by atoms with Crippen molar-refractivity contribution in [2.45, 2.75) is 0 Å². The lowest BCUT2D eigenvalue weighted by molar-refractivity contribution is 1.32. The number of rotatable bonds is 0. The molecule has 0 amide bonds. The Labute approximate surface area is 61.4 Å². The van der Waals surface area contributed by atoms with Gasteiger partial charge in [0.25, 0.3) is 0 Å². The summed E-state index contributed by atoms with van der Waals surface area (Å²) < 4.78 is 14.7. The molecule has 0 aliphatic rings. The second-order valence-electron chi connectivity index (χ2n) is 1.92. The van der Waals surface area contributed by atoms with E-state index in [4.69, 9.17) is 2.74 Å². The van der Waals surface area contributed by atoms with Gasteiger partial charge in [-0.15, -0.1) is 0 Å². The summed E-state index contributed by atoms with van der Waals surface area (Å²) in [6, 6.07) is 3.63. The van der Waals surface area contributed by atoms with Crippen LogP contribution in [-0.2, 0) is 0 Å². The van der Waals surface area contributed by atoms with Gasteiger partial charge in [0.2, 0.25) is 0 Å². The molecule has 2 aromatic rings. The standard InChI is InChI=1S/C8H6N2/c1-2-7-6-9-5-3-8(7)10-4-1/h1-6H/i1D,6D. The molecule has 2 heteroatoms. The van der Waals surface area contributed by atoms with Crippen LogP contribution in [0, 0.1) is 0 Å². The van der Waals surface area contributed by atoms with E-state index in [1.807, 2.05) is 0 Å². The maximum Gasteiger partial charge on any atom is 0.0847 e. The number of hydrogen-bond acceptors (Lipinski definition) is 2. The number of hydrogen-bond donors (Lipinski definition) is 0. The molecule has 2 rings (SSSR count). The molecule has 0 saturated carbocycles. The van der Waals surface area contributed by atoms with Crippen LogP contribution in [-0.4, -0.2) is 9.97 Å². The van der Waals surface area contributed by atoms with Crippen LogP contribution in [0.1, 0.15) is 2.74 Å². The van der Waals surface area contributed by atoms with Gasteiger partial charge in [0.05, 0.1) is 8.26 Å². The molecule has 2 nitrogen and oxygen atoms in total. The third-order valence-electron chi connectivity index (χ3n) is 1.27. The van der Waals surface area contributed by atoms with Crippen LogP contribution in [0.15, 0.2) is 36.7 Å². The van der Waals surface area contributed by atoms with E-state index in [-0.39, 0.29) is 6.17 Å². The van der Waals surface area contributed by atoms with Crippen LogP contribution in [0.3, 0.4) is 0 Å². The van der Waals surface area contributed by atoms with Crippen LogP contribution in [0.2, 0.25) is 0 Å². The molecule has 0 radical (unpaired) electrons. The fourth-order valence-electron chi connectivity index (χ4n) is 0.808. The number of aromatic nitrogens is 2. The van der Waals surface area contributed by atoms with E-state index in [9.17, 15) is 0 Å². The summed E-state index contributed by atoms with van der Waals surface area (Å²) in [6.07, 6.45) is 3.18. The Bertz CT molecular complexity index is 428. The van der Waals surface area contributed by atoms with E-state index in [1.54, 1.807) is 18.3 Å². The second kappa shape index (κ2) is 2.06.